The number of likely N-dealkylation sites (N-methyl/N-ethyl adjacent to an activating group) is 1. The predicted molar refractivity (Wildman–Crippen MR) is 77.9 cm³/mol. The van der Waals surface area contributed by atoms with Crippen LogP contribution in [0, 0.1) is 17.2 Å². The number of para-hydroxylation sites is 2. The van der Waals surface area contributed by atoms with Crippen LogP contribution in [0.25, 0.3) is 0 Å². The smallest absolute Gasteiger partial charge is 0.161 e. The molecule has 0 saturated heterocycles. The first-order valence-electron chi connectivity index (χ1n) is 7.20. The maximum Gasteiger partial charge on any atom is 0.161 e. The van der Waals surface area contributed by atoms with E-state index < -0.39 is 5.54 Å². The lowest BCUT2D eigenvalue weighted by atomic mass is 9.96. The molecule has 0 bridgehead atoms. The van der Waals surface area contributed by atoms with Crippen LogP contribution < -0.4 is 14.8 Å². The summed E-state index contributed by atoms with van der Waals surface area (Å²) in [6, 6.07) is 10.0. The van der Waals surface area contributed by atoms with Crippen molar-refractivity contribution in [3.63, 3.8) is 0 Å². The summed E-state index contributed by atoms with van der Waals surface area (Å²) in [5.41, 5.74) is -0.585. The first-order chi connectivity index (χ1) is 9.75. The van der Waals surface area contributed by atoms with Gasteiger partial charge in [0.05, 0.1) is 12.7 Å². The van der Waals surface area contributed by atoms with E-state index in [0.717, 1.165) is 25.0 Å². The van der Waals surface area contributed by atoms with Gasteiger partial charge in [0.15, 0.2) is 11.5 Å². The summed E-state index contributed by atoms with van der Waals surface area (Å²) < 4.78 is 11.5. The Kier molecular flexibility index (Phi) is 4.86. The minimum absolute atomic E-state index is 0.344. The number of benzene rings is 1. The highest BCUT2D eigenvalue weighted by atomic mass is 16.5. The summed E-state index contributed by atoms with van der Waals surface area (Å²) in [6.07, 6.45) is 3.13. The molecule has 1 aromatic carbocycles. The SMILES string of the molecule is CCCOc1ccccc1OCC(C#N)(NC)C1CC1. The Balaban J connectivity index is 2.04. The molecule has 0 aromatic heterocycles. The molecule has 0 aliphatic heterocycles. The average Bonchev–Trinajstić information content (AvgIpc) is 3.33. The molecule has 0 heterocycles. The van der Waals surface area contributed by atoms with E-state index in [0.29, 0.717) is 24.9 Å². The van der Waals surface area contributed by atoms with Crippen LogP contribution in [0.3, 0.4) is 0 Å². The summed E-state index contributed by atoms with van der Waals surface area (Å²) in [6.45, 7) is 3.08. The van der Waals surface area contributed by atoms with Crippen LogP contribution in [0.5, 0.6) is 11.5 Å². The van der Waals surface area contributed by atoms with Gasteiger partial charge < -0.3 is 9.47 Å². The van der Waals surface area contributed by atoms with Gasteiger partial charge in [-0.2, -0.15) is 5.26 Å². The molecule has 1 saturated carbocycles. The second kappa shape index (κ2) is 6.62. The third kappa shape index (κ3) is 3.23. The van der Waals surface area contributed by atoms with E-state index in [1.807, 2.05) is 31.3 Å². The molecule has 1 aromatic rings. The molecule has 0 amide bonds. The van der Waals surface area contributed by atoms with E-state index in [9.17, 15) is 5.26 Å². The minimum atomic E-state index is -0.585. The Morgan fingerprint density at radius 2 is 1.95 bits per heavy atom. The normalized spacial score (nSPS) is 17.1. The lowest BCUT2D eigenvalue weighted by molar-refractivity contribution is 0.199. The van der Waals surface area contributed by atoms with Gasteiger partial charge >= 0.3 is 0 Å². The number of rotatable bonds is 8. The number of hydrogen-bond acceptors (Lipinski definition) is 4. The maximum atomic E-state index is 9.45. The van der Waals surface area contributed by atoms with Crippen LogP contribution >= 0.6 is 0 Å². The molecular weight excluding hydrogens is 252 g/mol. The van der Waals surface area contributed by atoms with Crippen LogP contribution in [0.2, 0.25) is 0 Å². The van der Waals surface area contributed by atoms with Gasteiger partial charge in [0.1, 0.15) is 12.1 Å². The Labute approximate surface area is 120 Å². The van der Waals surface area contributed by atoms with E-state index in [4.69, 9.17) is 9.47 Å². The molecule has 2 rings (SSSR count). The largest absolute Gasteiger partial charge is 0.490 e. The molecule has 108 valence electrons. The zero-order chi connectivity index (χ0) is 14.4. The minimum Gasteiger partial charge on any atom is -0.490 e. The molecule has 1 unspecified atom stereocenters. The van der Waals surface area contributed by atoms with E-state index in [-0.39, 0.29) is 0 Å². The lowest BCUT2D eigenvalue weighted by Crippen LogP contribution is -2.49. The Morgan fingerprint density at radius 1 is 1.30 bits per heavy atom. The first kappa shape index (κ1) is 14.7. The van der Waals surface area contributed by atoms with Gasteiger partial charge in [-0.1, -0.05) is 19.1 Å². The van der Waals surface area contributed by atoms with Crippen LogP contribution in [0.1, 0.15) is 26.2 Å². The second-order valence-corrected chi connectivity index (χ2v) is 5.19. The van der Waals surface area contributed by atoms with Gasteiger partial charge in [0.25, 0.3) is 0 Å². The fourth-order valence-corrected chi connectivity index (χ4v) is 2.24. The first-order valence-corrected chi connectivity index (χ1v) is 7.20. The molecule has 1 N–H and O–H groups in total. The van der Waals surface area contributed by atoms with Gasteiger partial charge in [0, 0.05) is 0 Å². The van der Waals surface area contributed by atoms with E-state index in [1.54, 1.807) is 0 Å². The van der Waals surface area contributed by atoms with Crippen LogP contribution in [-0.4, -0.2) is 25.8 Å². The highest BCUT2D eigenvalue weighted by Crippen LogP contribution is 2.40. The van der Waals surface area contributed by atoms with Gasteiger partial charge in [-0.25, -0.2) is 0 Å². The zero-order valence-electron chi connectivity index (χ0n) is 12.2. The Bertz CT molecular complexity index is 480. The second-order valence-electron chi connectivity index (χ2n) is 5.19. The summed E-state index contributed by atoms with van der Waals surface area (Å²) in [5, 5.41) is 12.6. The predicted octanol–water partition coefficient (Wildman–Crippen LogP) is 2.75. The third-order valence-electron chi connectivity index (χ3n) is 3.69. The van der Waals surface area contributed by atoms with Crippen molar-refractivity contribution in [3.8, 4) is 17.6 Å². The van der Waals surface area contributed by atoms with Gasteiger partial charge in [-0.3, -0.25) is 5.32 Å². The quantitative estimate of drug-likeness (QED) is 0.792. The monoisotopic (exact) mass is 274 g/mol. The molecule has 1 aliphatic carbocycles. The fraction of sp³-hybridized carbons (Fsp3) is 0.562. The van der Waals surface area contributed by atoms with Gasteiger partial charge in [-0.15, -0.1) is 0 Å². The zero-order valence-corrected chi connectivity index (χ0v) is 12.2. The van der Waals surface area contributed by atoms with Crippen molar-refractivity contribution in [2.75, 3.05) is 20.3 Å². The van der Waals surface area contributed by atoms with E-state index >= 15 is 0 Å². The van der Waals surface area contributed by atoms with Crippen molar-refractivity contribution >= 4 is 0 Å². The molecule has 4 heteroatoms. The molecule has 0 radical (unpaired) electrons. The lowest BCUT2D eigenvalue weighted by Gasteiger charge is -2.26. The topological polar surface area (TPSA) is 54.3 Å². The summed E-state index contributed by atoms with van der Waals surface area (Å²) in [5.74, 6) is 1.84. The fourth-order valence-electron chi connectivity index (χ4n) is 2.24. The summed E-state index contributed by atoms with van der Waals surface area (Å²) in [7, 11) is 1.82. The Hall–Kier alpha value is -1.73. The molecule has 0 spiro atoms. The molecule has 1 atom stereocenters. The van der Waals surface area contributed by atoms with Crippen molar-refractivity contribution in [1.82, 2.24) is 5.32 Å². The van der Waals surface area contributed by atoms with Crippen molar-refractivity contribution in [2.45, 2.75) is 31.7 Å². The number of nitrogens with one attached hydrogen (secondary N) is 1. The van der Waals surface area contributed by atoms with Gasteiger partial charge in [-0.05, 0) is 44.4 Å². The molecule has 1 aliphatic rings. The third-order valence-corrected chi connectivity index (χ3v) is 3.69. The van der Waals surface area contributed by atoms with E-state index in [1.165, 1.54) is 0 Å². The van der Waals surface area contributed by atoms with Crippen molar-refractivity contribution < 1.29 is 9.47 Å². The van der Waals surface area contributed by atoms with Crippen LogP contribution in [0.15, 0.2) is 24.3 Å². The average molecular weight is 274 g/mol. The standard InChI is InChI=1S/C16H22N2O2/c1-3-10-19-14-6-4-5-7-15(14)20-12-16(11-17,18-2)13-8-9-13/h4-7,13,18H,3,8-10,12H2,1-2H3. The number of nitriles is 1. The maximum absolute atomic E-state index is 9.45. The highest BCUT2D eigenvalue weighted by Gasteiger charge is 2.45. The van der Waals surface area contributed by atoms with Crippen molar-refractivity contribution in [1.29, 1.82) is 5.26 Å². The van der Waals surface area contributed by atoms with Crippen molar-refractivity contribution in [2.24, 2.45) is 5.92 Å². The molecular formula is C16H22N2O2. The highest BCUT2D eigenvalue weighted by molar-refractivity contribution is 5.39. The molecule has 4 nitrogen and oxygen atoms in total. The van der Waals surface area contributed by atoms with Crippen molar-refractivity contribution in [3.05, 3.63) is 24.3 Å². The molecule has 1 fully saturated rings. The summed E-state index contributed by atoms with van der Waals surface area (Å²) >= 11 is 0. The Morgan fingerprint density at radius 3 is 2.45 bits per heavy atom. The number of ether oxygens (including phenoxy) is 2. The van der Waals surface area contributed by atoms with Crippen LogP contribution in [-0.2, 0) is 0 Å². The van der Waals surface area contributed by atoms with E-state index in [2.05, 4.69) is 18.3 Å². The number of nitrogens with zero attached hydrogens (tertiary/aromatic N) is 1. The van der Waals surface area contributed by atoms with Crippen LogP contribution in [0.4, 0.5) is 0 Å². The molecule has 20 heavy (non-hydrogen) atoms. The number of hydrogen-bond donors (Lipinski definition) is 1. The summed E-state index contributed by atoms with van der Waals surface area (Å²) in [4.78, 5) is 0. The van der Waals surface area contributed by atoms with Gasteiger partial charge in [0.2, 0.25) is 0 Å².